The van der Waals surface area contributed by atoms with Gasteiger partial charge in [0, 0.05) is 20.4 Å². The third kappa shape index (κ3) is 3.64. The van der Waals surface area contributed by atoms with Crippen LogP contribution >= 0.6 is 0 Å². The number of nitrogens with one attached hydrogen (secondary N) is 2. The van der Waals surface area contributed by atoms with E-state index in [4.69, 9.17) is 4.74 Å². The molecule has 0 radical (unpaired) electrons. The van der Waals surface area contributed by atoms with Gasteiger partial charge in [0.15, 0.2) is 6.29 Å². The molecule has 1 aliphatic rings. The van der Waals surface area contributed by atoms with E-state index in [1.54, 1.807) is 0 Å². The van der Waals surface area contributed by atoms with Gasteiger partial charge in [0.2, 0.25) is 11.8 Å². The van der Waals surface area contributed by atoms with E-state index >= 15 is 0 Å². The fourth-order valence-corrected chi connectivity index (χ4v) is 1.75. The lowest BCUT2D eigenvalue weighted by atomic mass is 9.96. The van der Waals surface area contributed by atoms with Crippen molar-refractivity contribution in [3.05, 3.63) is 0 Å². The number of aliphatic hydroxyl groups is 3. The van der Waals surface area contributed by atoms with Gasteiger partial charge in [-0.3, -0.25) is 9.59 Å². The van der Waals surface area contributed by atoms with Crippen molar-refractivity contribution < 1.29 is 29.6 Å². The summed E-state index contributed by atoms with van der Waals surface area (Å²) in [7, 11) is 0. The molecule has 0 aromatic rings. The first-order valence-electron chi connectivity index (χ1n) is 5.54. The molecule has 0 saturated carbocycles. The Morgan fingerprint density at radius 3 is 2.22 bits per heavy atom. The van der Waals surface area contributed by atoms with Crippen LogP contribution in [0.4, 0.5) is 0 Å². The van der Waals surface area contributed by atoms with Gasteiger partial charge in [0.05, 0.1) is 0 Å². The Bertz CT molecular complexity index is 321. The quantitative estimate of drug-likeness (QED) is 0.370. The molecule has 8 heteroatoms. The van der Waals surface area contributed by atoms with E-state index < -0.39 is 36.6 Å². The third-order valence-corrected chi connectivity index (χ3v) is 2.64. The van der Waals surface area contributed by atoms with Crippen LogP contribution in [-0.4, -0.2) is 64.3 Å². The van der Waals surface area contributed by atoms with E-state index in [1.165, 1.54) is 13.8 Å². The first kappa shape index (κ1) is 14.8. The molecule has 2 amide bonds. The molecule has 8 nitrogen and oxygen atoms in total. The normalized spacial score (nSPS) is 35.9. The van der Waals surface area contributed by atoms with E-state index in [2.05, 4.69) is 10.6 Å². The number of ether oxygens (including phenoxy) is 1. The van der Waals surface area contributed by atoms with Crippen LogP contribution in [0.2, 0.25) is 0 Å². The van der Waals surface area contributed by atoms with Crippen molar-refractivity contribution in [2.24, 2.45) is 0 Å². The van der Waals surface area contributed by atoms with Crippen molar-refractivity contribution in [2.75, 3.05) is 6.54 Å². The lowest BCUT2D eigenvalue weighted by Gasteiger charge is -2.40. The molecule has 1 fully saturated rings. The van der Waals surface area contributed by atoms with Gasteiger partial charge >= 0.3 is 0 Å². The first-order valence-corrected chi connectivity index (χ1v) is 5.54. The highest BCUT2D eigenvalue weighted by atomic mass is 16.6. The summed E-state index contributed by atoms with van der Waals surface area (Å²) in [5, 5.41) is 33.9. The SMILES string of the molecule is CC(=O)NC[C@H]1O[C@H](O)[C@H](NC(C)=O)[C@@H](O)[C@H]1O. The predicted octanol–water partition coefficient (Wildman–Crippen LogP) is -2.93. The maximum Gasteiger partial charge on any atom is 0.217 e. The molecule has 0 unspecified atom stereocenters. The van der Waals surface area contributed by atoms with E-state index in [-0.39, 0.29) is 12.5 Å². The second kappa shape index (κ2) is 6.10. The molecule has 1 aliphatic heterocycles. The molecular formula is C10H18N2O6. The average Bonchev–Trinajstić information content (AvgIpc) is 2.27. The number of hydrogen-bond donors (Lipinski definition) is 5. The summed E-state index contributed by atoms with van der Waals surface area (Å²) in [6, 6.07) is -1.11. The Labute approximate surface area is 104 Å². The number of carbonyl (C=O) groups excluding carboxylic acids is 2. The summed E-state index contributed by atoms with van der Waals surface area (Å²) in [6.07, 6.45) is -5.09. The van der Waals surface area contributed by atoms with Crippen LogP contribution in [-0.2, 0) is 14.3 Å². The number of rotatable bonds is 3. The van der Waals surface area contributed by atoms with E-state index in [0.717, 1.165) is 0 Å². The molecule has 0 spiro atoms. The second-order valence-electron chi connectivity index (χ2n) is 4.21. The lowest BCUT2D eigenvalue weighted by Crippen LogP contribution is -2.64. The Morgan fingerprint density at radius 1 is 1.11 bits per heavy atom. The summed E-state index contributed by atoms with van der Waals surface area (Å²) >= 11 is 0. The monoisotopic (exact) mass is 262 g/mol. The highest BCUT2D eigenvalue weighted by Crippen LogP contribution is 2.19. The van der Waals surface area contributed by atoms with Crippen molar-refractivity contribution in [2.45, 2.75) is 44.5 Å². The largest absolute Gasteiger partial charge is 0.388 e. The zero-order valence-electron chi connectivity index (χ0n) is 10.2. The topological polar surface area (TPSA) is 128 Å². The molecule has 1 rings (SSSR count). The predicted molar refractivity (Wildman–Crippen MR) is 59.2 cm³/mol. The number of hydrogen-bond acceptors (Lipinski definition) is 6. The fourth-order valence-electron chi connectivity index (χ4n) is 1.75. The van der Waals surface area contributed by atoms with Crippen molar-refractivity contribution in [3.8, 4) is 0 Å². The average molecular weight is 262 g/mol. The van der Waals surface area contributed by atoms with Crippen LogP contribution in [0.15, 0.2) is 0 Å². The van der Waals surface area contributed by atoms with Crippen LogP contribution in [0.1, 0.15) is 13.8 Å². The van der Waals surface area contributed by atoms with E-state index in [0.29, 0.717) is 0 Å². The van der Waals surface area contributed by atoms with Crippen molar-refractivity contribution in [1.82, 2.24) is 10.6 Å². The van der Waals surface area contributed by atoms with Gasteiger partial charge in [0.1, 0.15) is 24.4 Å². The Hall–Kier alpha value is -1.22. The van der Waals surface area contributed by atoms with Crippen LogP contribution in [0.3, 0.4) is 0 Å². The molecule has 0 bridgehead atoms. The van der Waals surface area contributed by atoms with Gasteiger partial charge in [-0.25, -0.2) is 0 Å². The number of aliphatic hydroxyl groups excluding tert-OH is 3. The standard InChI is InChI=1S/C10H18N2O6/c1-4(13)11-3-6-8(15)9(16)7(10(17)18-6)12-5(2)14/h6-10,15-17H,3H2,1-2H3,(H,11,13)(H,12,14)/t6-,7-,8+,9-,10+/m1/s1. The molecule has 1 heterocycles. The Kier molecular flexibility index (Phi) is 5.03. The highest BCUT2D eigenvalue weighted by molar-refractivity contribution is 5.73. The molecule has 0 aliphatic carbocycles. The van der Waals surface area contributed by atoms with Crippen LogP contribution in [0.25, 0.3) is 0 Å². The maximum absolute atomic E-state index is 10.9. The summed E-state index contributed by atoms with van der Waals surface area (Å²) < 4.78 is 5.05. The van der Waals surface area contributed by atoms with Crippen molar-refractivity contribution >= 4 is 11.8 Å². The minimum atomic E-state index is -1.45. The van der Waals surface area contributed by atoms with E-state index in [1.807, 2.05) is 0 Å². The molecule has 104 valence electrons. The number of carbonyl (C=O) groups is 2. The molecule has 5 N–H and O–H groups in total. The lowest BCUT2D eigenvalue weighted by molar-refractivity contribution is -0.245. The fraction of sp³-hybridized carbons (Fsp3) is 0.800. The Balaban J connectivity index is 2.64. The molecule has 0 aromatic heterocycles. The van der Waals surface area contributed by atoms with Gasteiger partial charge in [-0.1, -0.05) is 0 Å². The van der Waals surface area contributed by atoms with Gasteiger partial charge < -0.3 is 30.7 Å². The van der Waals surface area contributed by atoms with Gasteiger partial charge in [-0.15, -0.1) is 0 Å². The van der Waals surface area contributed by atoms with Crippen molar-refractivity contribution in [3.63, 3.8) is 0 Å². The minimum Gasteiger partial charge on any atom is -0.388 e. The van der Waals surface area contributed by atoms with Gasteiger partial charge in [-0.05, 0) is 0 Å². The van der Waals surface area contributed by atoms with Crippen LogP contribution in [0.5, 0.6) is 0 Å². The molecular weight excluding hydrogens is 244 g/mol. The third-order valence-electron chi connectivity index (χ3n) is 2.64. The second-order valence-corrected chi connectivity index (χ2v) is 4.21. The summed E-state index contributed by atoms with van der Waals surface area (Å²) in [6.45, 7) is 2.47. The van der Waals surface area contributed by atoms with Crippen LogP contribution < -0.4 is 10.6 Å². The Morgan fingerprint density at radius 2 is 1.72 bits per heavy atom. The zero-order chi connectivity index (χ0) is 13.9. The summed E-state index contributed by atoms with van der Waals surface area (Å²) in [5.74, 6) is -0.784. The number of amides is 2. The van der Waals surface area contributed by atoms with Crippen LogP contribution in [0, 0.1) is 0 Å². The smallest absolute Gasteiger partial charge is 0.217 e. The maximum atomic E-state index is 10.9. The summed E-state index contributed by atoms with van der Waals surface area (Å²) in [4.78, 5) is 21.6. The van der Waals surface area contributed by atoms with Gasteiger partial charge in [-0.2, -0.15) is 0 Å². The molecule has 0 aromatic carbocycles. The molecule has 5 atom stereocenters. The highest BCUT2D eigenvalue weighted by Gasteiger charge is 2.44. The minimum absolute atomic E-state index is 0.0442. The molecule has 1 saturated heterocycles. The van der Waals surface area contributed by atoms with Gasteiger partial charge in [0.25, 0.3) is 0 Å². The zero-order valence-corrected chi connectivity index (χ0v) is 10.2. The summed E-state index contributed by atoms with van der Waals surface area (Å²) in [5.41, 5.74) is 0. The molecule has 18 heavy (non-hydrogen) atoms. The van der Waals surface area contributed by atoms with E-state index in [9.17, 15) is 24.9 Å². The van der Waals surface area contributed by atoms with Crippen molar-refractivity contribution in [1.29, 1.82) is 0 Å². The first-order chi connectivity index (χ1) is 8.32.